The van der Waals surface area contributed by atoms with Crippen molar-refractivity contribution < 1.29 is 34.0 Å². The molecule has 198 valence electrons. The van der Waals surface area contributed by atoms with Crippen molar-refractivity contribution in [3.63, 3.8) is 0 Å². The maximum atomic E-state index is 13.2. The van der Waals surface area contributed by atoms with Gasteiger partial charge in [-0.2, -0.15) is 0 Å². The predicted molar refractivity (Wildman–Crippen MR) is 142 cm³/mol. The number of ketones is 1. The smallest absolute Gasteiger partial charge is 0.295 e. The van der Waals surface area contributed by atoms with Crippen molar-refractivity contribution in [2.24, 2.45) is 0 Å². The number of aryl methyl sites for hydroxylation is 1. The molecule has 38 heavy (non-hydrogen) atoms. The number of rotatable bonds is 10. The monoisotopic (exact) mass is 517 g/mol. The second-order valence-corrected chi connectivity index (χ2v) is 8.90. The molecule has 1 heterocycles. The van der Waals surface area contributed by atoms with E-state index >= 15 is 0 Å². The zero-order valence-electron chi connectivity index (χ0n) is 21.6. The molecule has 8 nitrogen and oxygen atoms in total. The van der Waals surface area contributed by atoms with Gasteiger partial charge in [0, 0.05) is 19.2 Å². The number of carbonyl (C=O) groups is 2. The molecule has 8 heteroatoms. The number of aliphatic hydroxyl groups is 1. The third kappa shape index (κ3) is 5.50. The van der Waals surface area contributed by atoms with Gasteiger partial charge in [0.15, 0.2) is 11.5 Å². The van der Waals surface area contributed by atoms with Gasteiger partial charge in [-0.25, -0.2) is 0 Å². The summed E-state index contributed by atoms with van der Waals surface area (Å²) in [6.45, 7) is 4.63. The number of phenolic OH excluding ortho intramolecular Hbond substituents is 1. The van der Waals surface area contributed by atoms with E-state index in [1.54, 1.807) is 44.2 Å². The van der Waals surface area contributed by atoms with Crippen molar-refractivity contribution in [3.05, 3.63) is 94.6 Å². The molecule has 2 N–H and O–H groups in total. The SMILES string of the molecule is CCOc1cc(C2/C(=C(\O)c3ccc(OCc4ccccc4)cc3C)C(=O)C(=O)N2CCOC)ccc1O. The first-order chi connectivity index (χ1) is 18.3. The normalized spacial score (nSPS) is 16.6. The second-order valence-electron chi connectivity index (χ2n) is 8.90. The Hall–Kier alpha value is -4.30. The molecule has 0 spiro atoms. The van der Waals surface area contributed by atoms with Crippen molar-refractivity contribution >= 4 is 17.4 Å². The Balaban J connectivity index is 1.73. The Kier molecular flexibility index (Phi) is 8.33. The van der Waals surface area contributed by atoms with E-state index in [0.717, 1.165) is 5.56 Å². The van der Waals surface area contributed by atoms with E-state index in [1.807, 2.05) is 30.3 Å². The molecule has 4 rings (SSSR count). The van der Waals surface area contributed by atoms with Gasteiger partial charge < -0.3 is 29.3 Å². The molecule has 1 atom stereocenters. The number of Topliss-reactive ketones (excluding diaryl/α,β-unsaturated/α-hetero) is 1. The Bertz CT molecular complexity index is 1350. The lowest BCUT2D eigenvalue weighted by molar-refractivity contribution is -0.140. The third-order valence-electron chi connectivity index (χ3n) is 6.38. The average Bonchev–Trinajstić information content (AvgIpc) is 3.17. The maximum absolute atomic E-state index is 13.2. The number of methoxy groups -OCH3 is 1. The molecule has 3 aromatic carbocycles. The molecular formula is C30H31NO7. The van der Waals surface area contributed by atoms with Gasteiger partial charge in [-0.15, -0.1) is 0 Å². The summed E-state index contributed by atoms with van der Waals surface area (Å²) in [6.07, 6.45) is 0. The van der Waals surface area contributed by atoms with Crippen LogP contribution in [0, 0.1) is 6.92 Å². The standard InChI is InChI=1S/C30H31NO7/c1-4-37-25-17-21(10-13-24(25)32)27-26(29(34)30(35)31(27)14-15-36-3)28(33)23-12-11-22(16-19(23)2)38-18-20-8-6-5-7-9-20/h5-13,16-17,27,32-33H,4,14-15,18H2,1-3H3/b28-26+. The van der Waals surface area contributed by atoms with Crippen LogP contribution >= 0.6 is 0 Å². The fourth-order valence-corrected chi connectivity index (χ4v) is 4.50. The molecule has 1 aliphatic rings. The summed E-state index contributed by atoms with van der Waals surface area (Å²) in [5.74, 6) is -1.05. The van der Waals surface area contributed by atoms with Crippen molar-refractivity contribution in [2.75, 3.05) is 26.9 Å². The van der Waals surface area contributed by atoms with Crippen molar-refractivity contribution in [1.82, 2.24) is 4.90 Å². The van der Waals surface area contributed by atoms with Gasteiger partial charge in [0.2, 0.25) is 0 Å². The summed E-state index contributed by atoms with van der Waals surface area (Å²) < 4.78 is 16.6. The molecule has 1 fully saturated rings. The highest BCUT2D eigenvalue weighted by atomic mass is 16.5. The maximum Gasteiger partial charge on any atom is 0.295 e. The van der Waals surface area contributed by atoms with Crippen LogP contribution in [0.15, 0.2) is 72.3 Å². The molecule has 0 radical (unpaired) electrons. The minimum atomic E-state index is -0.890. The lowest BCUT2D eigenvalue weighted by atomic mass is 9.93. The van der Waals surface area contributed by atoms with Crippen LogP contribution in [0.25, 0.3) is 5.76 Å². The summed E-state index contributed by atoms with van der Waals surface area (Å²) >= 11 is 0. The van der Waals surface area contributed by atoms with Crippen molar-refractivity contribution in [3.8, 4) is 17.2 Å². The molecule has 1 aliphatic heterocycles. The quantitative estimate of drug-likeness (QED) is 0.227. The summed E-state index contributed by atoms with van der Waals surface area (Å²) in [7, 11) is 1.50. The van der Waals surface area contributed by atoms with Crippen LogP contribution in [0.4, 0.5) is 0 Å². The van der Waals surface area contributed by atoms with E-state index in [9.17, 15) is 19.8 Å². The largest absolute Gasteiger partial charge is 0.507 e. The van der Waals surface area contributed by atoms with Gasteiger partial charge >= 0.3 is 0 Å². The first kappa shape index (κ1) is 26.8. The van der Waals surface area contributed by atoms with Gasteiger partial charge in [-0.05, 0) is 60.9 Å². The molecule has 0 bridgehead atoms. The Morgan fingerprint density at radius 3 is 2.45 bits per heavy atom. The molecule has 3 aromatic rings. The number of amides is 1. The zero-order chi connectivity index (χ0) is 27.2. The highest BCUT2D eigenvalue weighted by molar-refractivity contribution is 6.46. The second kappa shape index (κ2) is 11.8. The van der Waals surface area contributed by atoms with Gasteiger partial charge in [-0.1, -0.05) is 36.4 Å². The van der Waals surface area contributed by atoms with Crippen LogP contribution in [0.1, 0.15) is 35.2 Å². The van der Waals surface area contributed by atoms with Gasteiger partial charge in [-0.3, -0.25) is 9.59 Å². The number of nitrogens with zero attached hydrogens (tertiary/aromatic N) is 1. The Morgan fingerprint density at radius 1 is 1.00 bits per heavy atom. The van der Waals surface area contributed by atoms with Crippen LogP contribution in [0.2, 0.25) is 0 Å². The van der Waals surface area contributed by atoms with E-state index < -0.39 is 17.7 Å². The molecule has 1 amide bonds. The minimum Gasteiger partial charge on any atom is -0.507 e. The Labute approximate surface area is 221 Å². The van der Waals surface area contributed by atoms with E-state index in [4.69, 9.17) is 14.2 Å². The fraction of sp³-hybridized carbons (Fsp3) is 0.267. The molecular weight excluding hydrogens is 486 g/mol. The summed E-state index contributed by atoms with van der Waals surface area (Å²) in [6, 6.07) is 18.7. The first-order valence-electron chi connectivity index (χ1n) is 12.4. The topological polar surface area (TPSA) is 106 Å². The van der Waals surface area contributed by atoms with Gasteiger partial charge in [0.05, 0.1) is 24.8 Å². The van der Waals surface area contributed by atoms with Crippen molar-refractivity contribution in [2.45, 2.75) is 26.5 Å². The van der Waals surface area contributed by atoms with Crippen LogP contribution in [0.3, 0.4) is 0 Å². The van der Waals surface area contributed by atoms with Crippen LogP contribution in [-0.2, 0) is 20.9 Å². The van der Waals surface area contributed by atoms with E-state index in [1.165, 1.54) is 18.1 Å². The number of likely N-dealkylation sites (tertiary alicyclic amines) is 1. The first-order valence-corrected chi connectivity index (χ1v) is 12.4. The molecule has 1 unspecified atom stereocenters. The summed E-state index contributed by atoms with van der Waals surface area (Å²) in [5.41, 5.74) is 2.59. The lowest BCUT2D eigenvalue weighted by Gasteiger charge is -2.25. The number of aromatic hydroxyl groups is 1. The molecule has 1 saturated heterocycles. The Morgan fingerprint density at radius 2 is 1.76 bits per heavy atom. The lowest BCUT2D eigenvalue weighted by Crippen LogP contribution is -2.32. The highest BCUT2D eigenvalue weighted by Gasteiger charge is 2.46. The third-order valence-corrected chi connectivity index (χ3v) is 6.38. The molecule has 0 aromatic heterocycles. The number of aliphatic hydroxyl groups excluding tert-OH is 1. The van der Waals surface area contributed by atoms with E-state index in [2.05, 4.69) is 0 Å². The summed E-state index contributed by atoms with van der Waals surface area (Å²) in [5, 5.41) is 21.6. The van der Waals surface area contributed by atoms with Crippen molar-refractivity contribution in [1.29, 1.82) is 0 Å². The predicted octanol–water partition coefficient (Wildman–Crippen LogP) is 4.75. The number of carbonyl (C=O) groups excluding carboxylic acids is 2. The average molecular weight is 518 g/mol. The minimum absolute atomic E-state index is 0.0414. The van der Waals surface area contributed by atoms with Crippen LogP contribution < -0.4 is 9.47 Å². The fourth-order valence-electron chi connectivity index (χ4n) is 4.50. The van der Waals surface area contributed by atoms with Gasteiger partial charge in [0.1, 0.15) is 18.1 Å². The number of ether oxygens (including phenoxy) is 3. The molecule has 0 aliphatic carbocycles. The summed E-state index contributed by atoms with van der Waals surface area (Å²) in [4.78, 5) is 27.7. The number of benzene rings is 3. The molecule has 0 saturated carbocycles. The van der Waals surface area contributed by atoms with Crippen LogP contribution in [-0.4, -0.2) is 53.7 Å². The number of phenols is 1. The highest BCUT2D eigenvalue weighted by Crippen LogP contribution is 2.42. The van der Waals surface area contributed by atoms with Crippen LogP contribution in [0.5, 0.6) is 17.2 Å². The number of hydrogen-bond donors (Lipinski definition) is 2. The zero-order valence-corrected chi connectivity index (χ0v) is 21.6. The van der Waals surface area contributed by atoms with Gasteiger partial charge in [0.25, 0.3) is 11.7 Å². The number of hydrogen-bond acceptors (Lipinski definition) is 7. The van der Waals surface area contributed by atoms with E-state index in [-0.39, 0.29) is 36.0 Å². The van der Waals surface area contributed by atoms with E-state index in [0.29, 0.717) is 35.7 Å².